The number of nitrogens with zero attached hydrogens (tertiary/aromatic N) is 1. The first kappa shape index (κ1) is 34.1. The molecule has 0 bridgehead atoms. The maximum Gasteiger partial charge on any atom is 0.220 e. The number of aromatic nitrogens is 1. The minimum atomic E-state index is -0.0913. The van der Waals surface area contributed by atoms with Gasteiger partial charge in [-0.2, -0.15) is 0 Å². The molecule has 2 aliphatic rings. The van der Waals surface area contributed by atoms with Gasteiger partial charge in [-0.1, -0.05) is 77.8 Å². The fourth-order valence-corrected chi connectivity index (χ4v) is 7.57. The zero-order valence-electron chi connectivity index (χ0n) is 27.2. The highest BCUT2D eigenvalue weighted by atomic mass is 35.5. The summed E-state index contributed by atoms with van der Waals surface area (Å²) in [6.45, 7) is 1.32. The number of nitrogens with one attached hydrogen (secondary N) is 2. The van der Waals surface area contributed by atoms with Crippen molar-refractivity contribution in [1.82, 2.24) is 15.6 Å². The number of ketones is 1. The maximum absolute atomic E-state index is 11.6. The van der Waals surface area contributed by atoms with Crippen LogP contribution in [-0.2, 0) is 29.2 Å². The van der Waals surface area contributed by atoms with Crippen molar-refractivity contribution in [2.75, 3.05) is 13.7 Å². The van der Waals surface area contributed by atoms with Crippen LogP contribution in [0.3, 0.4) is 0 Å². The average Bonchev–Trinajstić information content (AvgIpc) is 3.72. The van der Waals surface area contributed by atoms with Gasteiger partial charge in [-0.25, -0.2) is 4.98 Å². The quantitative estimate of drug-likeness (QED) is 0.132. The molecular formula is C39H41Cl2N3O4. The van der Waals surface area contributed by atoms with Crippen molar-refractivity contribution in [3.8, 4) is 39.4 Å². The summed E-state index contributed by atoms with van der Waals surface area (Å²) in [5, 5.41) is 17.8. The second kappa shape index (κ2) is 15.6. The van der Waals surface area contributed by atoms with Crippen LogP contribution in [0.4, 0.5) is 0 Å². The summed E-state index contributed by atoms with van der Waals surface area (Å²) >= 11 is 14.2. The summed E-state index contributed by atoms with van der Waals surface area (Å²) in [5.41, 5.74) is 7.68. The van der Waals surface area contributed by atoms with Gasteiger partial charge < -0.3 is 20.5 Å². The second-order valence-electron chi connectivity index (χ2n) is 12.8. The predicted octanol–water partition coefficient (Wildman–Crippen LogP) is 7.95. The number of carbonyl (C=O) groups is 2. The highest BCUT2D eigenvalue weighted by Crippen LogP contribution is 2.42. The number of halogens is 2. The first-order chi connectivity index (χ1) is 23.3. The number of benzene rings is 3. The molecule has 1 amide bonds. The number of carbonyl (C=O) groups excluding carboxylic acids is 2. The van der Waals surface area contributed by atoms with E-state index < -0.39 is 0 Å². The molecule has 48 heavy (non-hydrogen) atoms. The van der Waals surface area contributed by atoms with E-state index >= 15 is 0 Å². The summed E-state index contributed by atoms with van der Waals surface area (Å²) < 4.78 is 5.68. The van der Waals surface area contributed by atoms with Gasteiger partial charge in [0.1, 0.15) is 5.78 Å². The fraction of sp³-hybridized carbons (Fsp3) is 0.359. The Morgan fingerprint density at radius 1 is 0.896 bits per heavy atom. The van der Waals surface area contributed by atoms with Crippen LogP contribution < -0.4 is 15.4 Å². The Hall–Kier alpha value is -3.75. The third-order valence-electron chi connectivity index (χ3n) is 9.56. The van der Waals surface area contributed by atoms with Gasteiger partial charge in [0.05, 0.1) is 29.5 Å². The monoisotopic (exact) mass is 685 g/mol. The van der Waals surface area contributed by atoms with Gasteiger partial charge in [-0.3, -0.25) is 9.59 Å². The second-order valence-corrected chi connectivity index (χ2v) is 13.6. The van der Waals surface area contributed by atoms with E-state index in [1.165, 1.54) is 0 Å². The third-order valence-corrected chi connectivity index (χ3v) is 10.4. The first-order valence-electron chi connectivity index (χ1n) is 16.7. The number of ether oxygens (including phenoxy) is 1. The molecular weight excluding hydrogens is 645 g/mol. The van der Waals surface area contributed by atoms with E-state index in [1.807, 2.05) is 66.7 Å². The molecule has 3 N–H and O–H groups in total. The molecule has 1 saturated carbocycles. The van der Waals surface area contributed by atoms with Gasteiger partial charge in [0.15, 0.2) is 0 Å². The van der Waals surface area contributed by atoms with E-state index in [4.69, 9.17) is 32.9 Å². The van der Waals surface area contributed by atoms with E-state index in [9.17, 15) is 14.7 Å². The SMILES string of the molecule is COc1nc(-c2cccc(-c3cccc(-c4ccc(CNC[C@@H]5CCC(=O)C5)c(CO)c4)c3Cl)c2Cl)ccc1CCC[C@@H]1CCC(=O)N1. The summed E-state index contributed by atoms with van der Waals surface area (Å²) in [4.78, 5) is 28.0. The summed E-state index contributed by atoms with van der Waals surface area (Å²) in [5.74, 6) is 1.44. The highest BCUT2D eigenvalue weighted by molar-refractivity contribution is 6.39. The molecule has 1 aliphatic carbocycles. The molecule has 3 aromatic carbocycles. The lowest BCUT2D eigenvalue weighted by atomic mass is 9.94. The normalized spacial score (nSPS) is 17.6. The smallest absolute Gasteiger partial charge is 0.220 e. The van der Waals surface area contributed by atoms with Crippen LogP contribution in [0.25, 0.3) is 33.5 Å². The van der Waals surface area contributed by atoms with Crippen LogP contribution in [0.15, 0.2) is 66.7 Å². The molecule has 1 aromatic heterocycles. The number of hydrogen-bond donors (Lipinski definition) is 3. The Morgan fingerprint density at radius 2 is 1.62 bits per heavy atom. The lowest BCUT2D eigenvalue weighted by Gasteiger charge is -2.16. The minimum absolute atomic E-state index is 0.0913. The molecule has 2 atom stereocenters. The van der Waals surface area contributed by atoms with E-state index in [1.54, 1.807) is 7.11 Å². The summed E-state index contributed by atoms with van der Waals surface area (Å²) in [6, 6.07) is 22.0. The minimum Gasteiger partial charge on any atom is -0.481 e. The van der Waals surface area contributed by atoms with Crippen LogP contribution in [0.5, 0.6) is 5.88 Å². The van der Waals surface area contributed by atoms with Crippen LogP contribution >= 0.6 is 23.2 Å². The molecule has 1 saturated heterocycles. The van der Waals surface area contributed by atoms with Crippen molar-refractivity contribution in [2.24, 2.45) is 5.92 Å². The molecule has 2 heterocycles. The Labute approximate surface area is 292 Å². The van der Waals surface area contributed by atoms with E-state index in [0.29, 0.717) is 59.1 Å². The number of rotatable bonds is 13. The van der Waals surface area contributed by atoms with Gasteiger partial charge >= 0.3 is 0 Å². The van der Waals surface area contributed by atoms with Crippen LogP contribution in [0.2, 0.25) is 10.0 Å². The lowest BCUT2D eigenvalue weighted by Crippen LogP contribution is -2.25. The fourth-order valence-electron chi connectivity index (χ4n) is 6.91. The largest absolute Gasteiger partial charge is 0.481 e. The van der Waals surface area contributed by atoms with Crippen molar-refractivity contribution in [2.45, 2.75) is 70.6 Å². The van der Waals surface area contributed by atoms with Crippen molar-refractivity contribution in [3.05, 3.63) is 93.5 Å². The van der Waals surface area contributed by atoms with Gasteiger partial charge in [-0.15, -0.1) is 0 Å². The van der Waals surface area contributed by atoms with Crippen molar-refractivity contribution in [1.29, 1.82) is 0 Å². The van der Waals surface area contributed by atoms with Crippen LogP contribution in [-0.4, -0.2) is 41.5 Å². The molecule has 9 heteroatoms. The Morgan fingerprint density at radius 3 is 2.31 bits per heavy atom. The number of pyridine rings is 1. The van der Waals surface area contributed by atoms with Crippen molar-refractivity contribution >= 4 is 34.9 Å². The maximum atomic E-state index is 11.6. The number of methoxy groups -OCH3 is 1. The molecule has 7 nitrogen and oxygen atoms in total. The van der Waals surface area contributed by atoms with Crippen molar-refractivity contribution in [3.63, 3.8) is 0 Å². The molecule has 0 unspecified atom stereocenters. The molecule has 0 spiro atoms. The average molecular weight is 687 g/mol. The van der Waals surface area contributed by atoms with Crippen LogP contribution in [0.1, 0.15) is 61.6 Å². The van der Waals surface area contributed by atoms with Gasteiger partial charge in [0.25, 0.3) is 0 Å². The third kappa shape index (κ3) is 7.76. The standard InChI is InChI=1S/C39H41Cl2N3O4/c1-48-39-25(5-2-6-29-15-18-36(47)43-29)14-17-35(44-39)34-10-4-9-33(38(34)41)32-8-3-7-31(37(32)40)26-12-13-27(28(20-26)23-45)22-42-21-24-11-16-30(46)19-24/h3-4,7-10,12-14,17,20,24,29,42,45H,2,5-6,11,15-16,18-19,21-23H2,1H3,(H,43,47)/t24-,29-/m1/s1. The van der Waals surface area contributed by atoms with Gasteiger partial charge in [-0.05, 0) is 73.4 Å². The lowest BCUT2D eigenvalue weighted by molar-refractivity contribution is -0.119. The highest BCUT2D eigenvalue weighted by Gasteiger charge is 2.23. The Balaban J connectivity index is 1.20. The predicted molar refractivity (Wildman–Crippen MR) is 191 cm³/mol. The van der Waals surface area contributed by atoms with Gasteiger partial charge in [0, 0.05) is 59.7 Å². The van der Waals surface area contributed by atoms with Gasteiger partial charge in [0.2, 0.25) is 11.8 Å². The zero-order chi connectivity index (χ0) is 33.6. The summed E-state index contributed by atoms with van der Waals surface area (Å²) in [6.07, 6.45) is 6.45. The summed E-state index contributed by atoms with van der Waals surface area (Å²) in [7, 11) is 1.63. The topological polar surface area (TPSA) is 101 Å². The Bertz CT molecular complexity index is 1680. The van der Waals surface area contributed by atoms with E-state index in [-0.39, 0.29) is 18.6 Å². The number of aliphatic hydroxyl groups is 1. The Kier molecular flexibility index (Phi) is 11.1. The van der Waals surface area contributed by atoms with Crippen LogP contribution in [0, 0.1) is 5.92 Å². The molecule has 4 aromatic rings. The molecule has 2 fully saturated rings. The molecule has 0 radical (unpaired) electrons. The first-order valence-corrected chi connectivity index (χ1v) is 17.5. The molecule has 1 aliphatic heterocycles. The number of Topliss-reactive ketones (excluding diaryl/α,β-unsaturated/α-hetero) is 1. The molecule has 250 valence electrons. The zero-order valence-corrected chi connectivity index (χ0v) is 28.7. The van der Waals surface area contributed by atoms with E-state index in [2.05, 4.69) is 10.6 Å². The number of hydrogen-bond acceptors (Lipinski definition) is 6. The number of amides is 1. The van der Waals surface area contributed by atoms with E-state index in [0.717, 1.165) is 83.2 Å². The molecule has 6 rings (SSSR count). The van der Waals surface area contributed by atoms with Crippen molar-refractivity contribution < 1.29 is 19.4 Å². The number of aliphatic hydroxyl groups excluding tert-OH is 1. The number of aryl methyl sites for hydroxylation is 1.